The molecule has 2 aliphatic rings. The summed E-state index contributed by atoms with van der Waals surface area (Å²) in [6, 6.07) is 0.251. The molecule has 2 rings (SSSR count). The predicted octanol–water partition coefficient (Wildman–Crippen LogP) is 2.11. The molecule has 1 heterocycles. The van der Waals surface area contributed by atoms with Crippen molar-refractivity contribution in [2.24, 2.45) is 11.3 Å². The molecule has 0 aromatic heterocycles. The van der Waals surface area contributed by atoms with E-state index in [0.717, 1.165) is 45.2 Å². The molecule has 1 saturated heterocycles. The quantitative estimate of drug-likeness (QED) is 0.824. The number of piperidine rings is 1. The van der Waals surface area contributed by atoms with E-state index in [0.29, 0.717) is 0 Å². The number of aliphatic hydroxyl groups is 1. The zero-order chi connectivity index (χ0) is 14.0. The Morgan fingerprint density at radius 2 is 1.84 bits per heavy atom. The molecule has 0 spiro atoms. The maximum atomic E-state index is 11.4. The van der Waals surface area contributed by atoms with Crippen molar-refractivity contribution in [2.45, 2.75) is 64.5 Å². The van der Waals surface area contributed by atoms with Crippen molar-refractivity contribution < 1.29 is 15.0 Å². The van der Waals surface area contributed by atoms with Gasteiger partial charge in [0.1, 0.15) is 0 Å². The highest BCUT2D eigenvalue weighted by Gasteiger charge is 2.41. The Labute approximate surface area is 115 Å². The van der Waals surface area contributed by atoms with Crippen LogP contribution in [0, 0.1) is 11.3 Å². The summed E-state index contributed by atoms with van der Waals surface area (Å²) in [5, 5.41) is 19.5. The summed E-state index contributed by atoms with van der Waals surface area (Å²) in [6.45, 7) is 5.50. The molecule has 2 N–H and O–H groups in total. The van der Waals surface area contributed by atoms with Crippen LogP contribution < -0.4 is 0 Å². The summed E-state index contributed by atoms with van der Waals surface area (Å²) >= 11 is 0. The monoisotopic (exact) mass is 269 g/mol. The van der Waals surface area contributed by atoms with Crippen LogP contribution in [0.4, 0.5) is 0 Å². The molecule has 4 nitrogen and oxygen atoms in total. The Morgan fingerprint density at radius 3 is 2.47 bits per heavy atom. The summed E-state index contributed by atoms with van der Waals surface area (Å²) in [4.78, 5) is 13.7. The van der Waals surface area contributed by atoms with Crippen LogP contribution in [0.5, 0.6) is 0 Å². The molecule has 1 aliphatic carbocycles. The maximum absolute atomic E-state index is 11.4. The number of hydrogen-bond donors (Lipinski definition) is 2. The predicted molar refractivity (Wildman–Crippen MR) is 74.0 cm³/mol. The summed E-state index contributed by atoms with van der Waals surface area (Å²) < 4.78 is 0. The lowest BCUT2D eigenvalue weighted by Gasteiger charge is -2.45. The first kappa shape index (κ1) is 14.8. The fourth-order valence-corrected chi connectivity index (χ4v) is 3.59. The van der Waals surface area contributed by atoms with Gasteiger partial charge in [0.25, 0.3) is 0 Å². The van der Waals surface area contributed by atoms with Gasteiger partial charge in [-0.05, 0) is 52.0 Å². The number of hydrogen-bond acceptors (Lipinski definition) is 3. The number of carboxylic acids is 1. The summed E-state index contributed by atoms with van der Waals surface area (Å²) in [5.41, 5.74) is -0.668. The number of aliphatic hydroxyl groups excluding tert-OH is 1. The number of aliphatic carboxylic acids is 1. The molecule has 1 saturated carbocycles. The van der Waals surface area contributed by atoms with Crippen molar-refractivity contribution >= 4 is 5.97 Å². The Kier molecular flexibility index (Phi) is 4.51. The van der Waals surface area contributed by atoms with Crippen LogP contribution in [0.1, 0.15) is 52.4 Å². The van der Waals surface area contributed by atoms with Crippen LogP contribution in [-0.4, -0.2) is 46.3 Å². The molecule has 4 heteroatoms. The third-order valence-electron chi connectivity index (χ3n) is 5.19. The third-order valence-corrected chi connectivity index (χ3v) is 5.19. The van der Waals surface area contributed by atoms with Crippen molar-refractivity contribution in [1.82, 2.24) is 4.90 Å². The molecular formula is C15H27NO3. The molecule has 3 unspecified atom stereocenters. The molecule has 3 atom stereocenters. The van der Waals surface area contributed by atoms with Gasteiger partial charge in [0.05, 0.1) is 11.5 Å². The van der Waals surface area contributed by atoms with Crippen molar-refractivity contribution in [3.8, 4) is 0 Å². The molecule has 0 amide bonds. The zero-order valence-corrected chi connectivity index (χ0v) is 12.1. The Hall–Kier alpha value is -0.610. The van der Waals surface area contributed by atoms with Gasteiger partial charge in [-0.15, -0.1) is 0 Å². The van der Waals surface area contributed by atoms with Crippen molar-refractivity contribution in [2.75, 3.05) is 13.1 Å². The van der Waals surface area contributed by atoms with E-state index in [9.17, 15) is 15.0 Å². The Bertz CT molecular complexity index is 329. The van der Waals surface area contributed by atoms with E-state index >= 15 is 0 Å². The highest BCUT2D eigenvalue weighted by atomic mass is 16.4. The van der Waals surface area contributed by atoms with E-state index < -0.39 is 11.4 Å². The molecule has 0 aromatic rings. The highest BCUT2D eigenvalue weighted by molar-refractivity contribution is 5.74. The van der Waals surface area contributed by atoms with Gasteiger partial charge in [0.2, 0.25) is 0 Å². The molecule has 110 valence electrons. The zero-order valence-electron chi connectivity index (χ0n) is 12.1. The molecule has 2 fully saturated rings. The second kappa shape index (κ2) is 5.80. The van der Waals surface area contributed by atoms with Crippen LogP contribution in [0.15, 0.2) is 0 Å². The minimum absolute atomic E-state index is 0.188. The average molecular weight is 269 g/mol. The normalized spacial score (nSPS) is 34.2. The topological polar surface area (TPSA) is 60.8 Å². The van der Waals surface area contributed by atoms with Crippen molar-refractivity contribution in [1.29, 1.82) is 0 Å². The smallest absolute Gasteiger partial charge is 0.309 e. The van der Waals surface area contributed by atoms with Gasteiger partial charge in [-0.1, -0.05) is 12.8 Å². The minimum atomic E-state index is -0.705. The minimum Gasteiger partial charge on any atom is -0.481 e. The number of carbonyl (C=O) groups is 1. The summed E-state index contributed by atoms with van der Waals surface area (Å²) in [6.07, 6.45) is 6.07. The summed E-state index contributed by atoms with van der Waals surface area (Å²) in [7, 11) is 0. The SMILES string of the molecule is CC(C)(C(=O)O)C1CCCN(C2CCCCC2O)C1. The van der Waals surface area contributed by atoms with Gasteiger partial charge in [0, 0.05) is 12.6 Å². The van der Waals surface area contributed by atoms with Gasteiger partial charge in [0.15, 0.2) is 0 Å². The lowest BCUT2D eigenvalue weighted by molar-refractivity contribution is -0.152. The fraction of sp³-hybridized carbons (Fsp3) is 0.933. The molecule has 1 aliphatic heterocycles. The first-order valence-electron chi connectivity index (χ1n) is 7.58. The molecule has 0 bridgehead atoms. The average Bonchev–Trinajstić information content (AvgIpc) is 2.39. The fourth-order valence-electron chi connectivity index (χ4n) is 3.59. The molecule has 0 radical (unpaired) electrons. The van der Waals surface area contributed by atoms with E-state index in [2.05, 4.69) is 4.90 Å². The number of carboxylic acid groups (broad SMARTS) is 1. The van der Waals surface area contributed by atoms with E-state index in [1.54, 1.807) is 0 Å². The van der Waals surface area contributed by atoms with Crippen molar-refractivity contribution in [3.05, 3.63) is 0 Å². The molecule has 19 heavy (non-hydrogen) atoms. The third kappa shape index (κ3) is 3.11. The first-order valence-corrected chi connectivity index (χ1v) is 7.58. The maximum Gasteiger partial charge on any atom is 0.309 e. The van der Waals surface area contributed by atoms with Crippen molar-refractivity contribution in [3.63, 3.8) is 0 Å². The Balaban J connectivity index is 2.02. The van der Waals surface area contributed by atoms with Crippen LogP contribution in [0.25, 0.3) is 0 Å². The lowest BCUT2D eigenvalue weighted by atomic mass is 9.74. The van der Waals surface area contributed by atoms with Crippen LogP contribution >= 0.6 is 0 Å². The highest BCUT2D eigenvalue weighted by Crippen LogP contribution is 2.36. The Morgan fingerprint density at radius 1 is 1.16 bits per heavy atom. The van der Waals surface area contributed by atoms with Gasteiger partial charge in [-0.25, -0.2) is 0 Å². The van der Waals surface area contributed by atoms with Crippen LogP contribution in [-0.2, 0) is 4.79 Å². The second-order valence-electron chi connectivity index (χ2n) is 6.78. The largest absolute Gasteiger partial charge is 0.481 e. The van der Waals surface area contributed by atoms with E-state index in [1.807, 2.05) is 13.8 Å². The van der Waals surface area contributed by atoms with E-state index in [-0.39, 0.29) is 18.1 Å². The summed E-state index contributed by atoms with van der Waals surface area (Å²) in [5.74, 6) is -0.517. The van der Waals surface area contributed by atoms with Gasteiger partial charge in [-0.3, -0.25) is 9.69 Å². The number of rotatable bonds is 3. The standard InChI is InChI=1S/C15H27NO3/c1-15(2,14(18)19)11-6-5-9-16(10-11)12-7-3-4-8-13(12)17/h11-13,17H,3-10H2,1-2H3,(H,18,19). The van der Waals surface area contributed by atoms with Gasteiger partial charge < -0.3 is 10.2 Å². The number of likely N-dealkylation sites (tertiary alicyclic amines) is 1. The lowest BCUT2D eigenvalue weighted by Crippen LogP contribution is -2.52. The van der Waals surface area contributed by atoms with Gasteiger partial charge >= 0.3 is 5.97 Å². The van der Waals surface area contributed by atoms with Crippen LogP contribution in [0.2, 0.25) is 0 Å². The van der Waals surface area contributed by atoms with Crippen LogP contribution in [0.3, 0.4) is 0 Å². The second-order valence-corrected chi connectivity index (χ2v) is 6.78. The molecule has 0 aromatic carbocycles. The molecular weight excluding hydrogens is 242 g/mol. The first-order chi connectivity index (χ1) is 8.93. The number of nitrogens with zero attached hydrogens (tertiary/aromatic N) is 1. The van der Waals surface area contributed by atoms with E-state index in [1.165, 1.54) is 6.42 Å². The van der Waals surface area contributed by atoms with E-state index in [4.69, 9.17) is 0 Å². The van der Waals surface area contributed by atoms with Gasteiger partial charge in [-0.2, -0.15) is 0 Å².